The number of carbonyl (C=O) groups is 2. The molecule has 0 aliphatic heterocycles. The second-order valence-electron chi connectivity index (χ2n) is 4.06. The Morgan fingerprint density at radius 1 is 1.17 bits per heavy atom. The van der Waals surface area contributed by atoms with Crippen LogP contribution in [0, 0.1) is 0 Å². The van der Waals surface area contributed by atoms with E-state index in [-0.39, 0.29) is 11.8 Å². The molecule has 0 bridgehead atoms. The highest BCUT2D eigenvalue weighted by molar-refractivity contribution is 5.93. The number of nitrogens with one attached hydrogen (secondary N) is 2. The van der Waals surface area contributed by atoms with Gasteiger partial charge in [-0.05, 0) is 37.6 Å². The largest absolute Gasteiger partial charge is 0.330 e. The van der Waals surface area contributed by atoms with Crippen LogP contribution in [0.5, 0.6) is 0 Å². The molecule has 0 saturated heterocycles. The monoisotopic (exact) mass is 249 g/mol. The zero-order valence-corrected chi connectivity index (χ0v) is 10.5. The van der Waals surface area contributed by atoms with Crippen molar-refractivity contribution >= 4 is 23.2 Å². The molecule has 0 aliphatic carbocycles. The molecule has 5 nitrogen and oxygen atoms in total. The van der Waals surface area contributed by atoms with E-state index in [1.54, 1.807) is 24.3 Å². The van der Waals surface area contributed by atoms with Gasteiger partial charge in [0.1, 0.15) is 0 Å². The van der Waals surface area contributed by atoms with Crippen molar-refractivity contribution < 1.29 is 9.59 Å². The van der Waals surface area contributed by atoms with Gasteiger partial charge in [-0.15, -0.1) is 0 Å². The Morgan fingerprint density at radius 3 is 2.44 bits per heavy atom. The maximum atomic E-state index is 11.6. The number of rotatable bonds is 6. The van der Waals surface area contributed by atoms with Crippen molar-refractivity contribution in [1.29, 1.82) is 0 Å². The van der Waals surface area contributed by atoms with Crippen molar-refractivity contribution in [1.82, 2.24) is 0 Å². The third-order valence-electron chi connectivity index (χ3n) is 2.32. The van der Waals surface area contributed by atoms with Gasteiger partial charge < -0.3 is 16.4 Å². The van der Waals surface area contributed by atoms with E-state index in [1.165, 1.54) is 6.92 Å². The standard InChI is InChI=1S/C13H19N3O2/c1-10(17)15-11-5-4-6-12(9-11)16-13(18)7-2-3-8-14/h4-6,9H,2-3,7-8,14H2,1H3,(H,15,17)(H,16,18). The molecule has 18 heavy (non-hydrogen) atoms. The van der Waals surface area contributed by atoms with Crippen LogP contribution < -0.4 is 16.4 Å². The Kier molecular flexibility index (Phi) is 5.87. The van der Waals surface area contributed by atoms with Crippen molar-refractivity contribution in [2.45, 2.75) is 26.2 Å². The summed E-state index contributed by atoms with van der Waals surface area (Å²) in [5, 5.41) is 5.45. The van der Waals surface area contributed by atoms with Gasteiger partial charge in [0, 0.05) is 24.7 Å². The van der Waals surface area contributed by atoms with Gasteiger partial charge in [-0.1, -0.05) is 6.07 Å². The quantitative estimate of drug-likeness (QED) is 0.671. The van der Waals surface area contributed by atoms with E-state index < -0.39 is 0 Å². The summed E-state index contributed by atoms with van der Waals surface area (Å²) in [7, 11) is 0. The fraction of sp³-hybridized carbons (Fsp3) is 0.385. The molecule has 0 atom stereocenters. The summed E-state index contributed by atoms with van der Waals surface area (Å²) in [5.41, 5.74) is 6.71. The van der Waals surface area contributed by atoms with Gasteiger partial charge in [0.15, 0.2) is 0 Å². The van der Waals surface area contributed by atoms with E-state index in [4.69, 9.17) is 5.73 Å². The fourth-order valence-corrected chi connectivity index (χ4v) is 1.53. The minimum Gasteiger partial charge on any atom is -0.330 e. The van der Waals surface area contributed by atoms with Crippen LogP contribution in [0.1, 0.15) is 26.2 Å². The van der Waals surface area contributed by atoms with Crippen LogP contribution >= 0.6 is 0 Å². The average Bonchev–Trinajstić information content (AvgIpc) is 2.28. The third-order valence-corrected chi connectivity index (χ3v) is 2.32. The maximum Gasteiger partial charge on any atom is 0.224 e. The zero-order valence-electron chi connectivity index (χ0n) is 10.5. The molecule has 0 radical (unpaired) electrons. The van der Waals surface area contributed by atoms with Crippen LogP contribution in [0.3, 0.4) is 0 Å². The Balaban J connectivity index is 2.51. The lowest BCUT2D eigenvalue weighted by atomic mass is 10.2. The van der Waals surface area contributed by atoms with E-state index >= 15 is 0 Å². The highest BCUT2D eigenvalue weighted by atomic mass is 16.2. The second kappa shape index (κ2) is 7.45. The van der Waals surface area contributed by atoms with Crippen molar-refractivity contribution in [3.63, 3.8) is 0 Å². The van der Waals surface area contributed by atoms with Gasteiger partial charge in [0.25, 0.3) is 0 Å². The number of hydrogen-bond acceptors (Lipinski definition) is 3. The number of benzene rings is 1. The molecule has 4 N–H and O–H groups in total. The number of anilines is 2. The van der Waals surface area contributed by atoms with Gasteiger partial charge in [-0.25, -0.2) is 0 Å². The second-order valence-corrected chi connectivity index (χ2v) is 4.06. The molecule has 0 saturated carbocycles. The van der Waals surface area contributed by atoms with E-state index in [9.17, 15) is 9.59 Å². The number of carbonyl (C=O) groups excluding carboxylic acids is 2. The molecule has 0 aliphatic rings. The Morgan fingerprint density at radius 2 is 1.83 bits per heavy atom. The zero-order chi connectivity index (χ0) is 13.4. The summed E-state index contributed by atoms with van der Waals surface area (Å²) >= 11 is 0. The van der Waals surface area contributed by atoms with Gasteiger partial charge in [0.05, 0.1) is 0 Å². The molecular formula is C13H19N3O2. The first-order valence-corrected chi connectivity index (χ1v) is 5.99. The van der Waals surface area contributed by atoms with Crippen LogP contribution in [-0.4, -0.2) is 18.4 Å². The molecule has 1 rings (SSSR count). The number of amides is 2. The summed E-state index contributed by atoms with van der Waals surface area (Å²) in [6, 6.07) is 7.06. The van der Waals surface area contributed by atoms with Crippen molar-refractivity contribution in [3.05, 3.63) is 24.3 Å². The summed E-state index contributed by atoms with van der Waals surface area (Å²) in [6.45, 7) is 2.05. The van der Waals surface area contributed by atoms with Crippen LogP contribution in [-0.2, 0) is 9.59 Å². The Bertz CT molecular complexity index is 418. The number of hydrogen-bond donors (Lipinski definition) is 3. The molecule has 0 fully saturated rings. The highest BCUT2D eigenvalue weighted by Gasteiger charge is 2.03. The fourth-order valence-electron chi connectivity index (χ4n) is 1.53. The molecule has 1 aromatic rings. The minimum atomic E-state index is -0.138. The van der Waals surface area contributed by atoms with E-state index in [1.807, 2.05) is 0 Å². The molecule has 0 aromatic heterocycles. The first-order valence-electron chi connectivity index (χ1n) is 5.99. The summed E-state index contributed by atoms with van der Waals surface area (Å²) < 4.78 is 0. The highest BCUT2D eigenvalue weighted by Crippen LogP contribution is 2.15. The molecule has 0 spiro atoms. The Labute approximate surface area is 107 Å². The Hall–Kier alpha value is -1.88. The SMILES string of the molecule is CC(=O)Nc1cccc(NC(=O)CCCCN)c1. The molecule has 0 unspecified atom stereocenters. The molecule has 1 aromatic carbocycles. The number of unbranched alkanes of at least 4 members (excludes halogenated alkanes) is 1. The lowest BCUT2D eigenvalue weighted by molar-refractivity contribution is -0.116. The third kappa shape index (κ3) is 5.45. The van der Waals surface area contributed by atoms with Gasteiger partial charge in [-0.2, -0.15) is 0 Å². The minimum absolute atomic E-state index is 0.0385. The predicted molar refractivity (Wildman–Crippen MR) is 72.3 cm³/mol. The first-order chi connectivity index (χ1) is 8.61. The van der Waals surface area contributed by atoms with E-state index in [2.05, 4.69) is 10.6 Å². The van der Waals surface area contributed by atoms with Crippen LogP contribution in [0.25, 0.3) is 0 Å². The van der Waals surface area contributed by atoms with Gasteiger partial charge >= 0.3 is 0 Å². The molecule has 0 heterocycles. The lowest BCUT2D eigenvalue weighted by Gasteiger charge is -2.07. The van der Waals surface area contributed by atoms with Gasteiger partial charge in [-0.3, -0.25) is 9.59 Å². The first kappa shape index (κ1) is 14.2. The maximum absolute atomic E-state index is 11.6. The summed E-state index contributed by atoms with van der Waals surface area (Å²) in [5.74, 6) is -0.176. The number of nitrogens with two attached hydrogens (primary N) is 1. The van der Waals surface area contributed by atoms with Crippen molar-refractivity contribution in [2.24, 2.45) is 5.73 Å². The van der Waals surface area contributed by atoms with E-state index in [0.717, 1.165) is 12.8 Å². The van der Waals surface area contributed by atoms with Crippen LogP contribution in [0.4, 0.5) is 11.4 Å². The van der Waals surface area contributed by atoms with E-state index in [0.29, 0.717) is 24.3 Å². The topological polar surface area (TPSA) is 84.2 Å². The summed E-state index contributed by atoms with van der Waals surface area (Å²) in [4.78, 5) is 22.5. The average molecular weight is 249 g/mol. The smallest absolute Gasteiger partial charge is 0.224 e. The predicted octanol–water partition coefficient (Wildman–Crippen LogP) is 1.71. The van der Waals surface area contributed by atoms with Gasteiger partial charge in [0.2, 0.25) is 11.8 Å². The molecule has 98 valence electrons. The van der Waals surface area contributed by atoms with Crippen molar-refractivity contribution in [3.8, 4) is 0 Å². The van der Waals surface area contributed by atoms with Crippen LogP contribution in [0.15, 0.2) is 24.3 Å². The molecule has 5 heteroatoms. The normalized spacial score (nSPS) is 9.89. The lowest BCUT2D eigenvalue weighted by Crippen LogP contribution is -2.12. The molecule has 2 amide bonds. The van der Waals surface area contributed by atoms with Crippen molar-refractivity contribution in [2.75, 3.05) is 17.2 Å². The van der Waals surface area contributed by atoms with Crippen LogP contribution in [0.2, 0.25) is 0 Å². The summed E-state index contributed by atoms with van der Waals surface area (Å²) in [6.07, 6.45) is 2.09. The molecular weight excluding hydrogens is 230 g/mol.